The van der Waals surface area contributed by atoms with Crippen molar-refractivity contribution in [1.29, 1.82) is 0 Å². The average Bonchev–Trinajstić information content (AvgIpc) is 2.71. The standard InChI is InChI=1S/C21H26ClN3O4S/c1-16(21(27)23-2)25(14-18-9-11-19(22)12-10-18)20(26)15-24(30(3,28)29)13-17-7-5-4-6-8-17/h4-12,16H,13-15H2,1-3H3,(H,23,27). The van der Waals surface area contributed by atoms with Gasteiger partial charge in [-0.25, -0.2) is 8.42 Å². The first-order valence-corrected chi connectivity index (χ1v) is 11.6. The van der Waals surface area contributed by atoms with Crippen molar-refractivity contribution in [2.75, 3.05) is 19.8 Å². The molecule has 0 radical (unpaired) electrons. The highest BCUT2D eigenvalue weighted by Gasteiger charge is 2.29. The number of nitrogens with zero attached hydrogens (tertiary/aromatic N) is 2. The van der Waals surface area contributed by atoms with Crippen LogP contribution in [-0.2, 0) is 32.7 Å². The van der Waals surface area contributed by atoms with E-state index in [-0.39, 0.29) is 25.5 Å². The predicted molar refractivity (Wildman–Crippen MR) is 117 cm³/mol. The molecule has 1 unspecified atom stereocenters. The minimum absolute atomic E-state index is 0.0640. The molecule has 0 aromatic heterocycles. The second-order valence-electron chi connectivity index (χ2n) is 6.95. The van der Waals surface area contributed by atoms with Gasteiger partial charge < -0.3 is 10.2 Å². The molecule has 162 valence electrons. The lowest BCUT2D eigenvalue weighted by Crippen LogP contribution is -2.50. The van der Waals surface area contributed by atoms with Crippen molar-refractivity contribution in [3.8, 4) is 0 Å². The molecule has 0 aliphatic rings. The van der Waals surface area contributed by atoms with Gasteiger partial charge in [-0.1, -0.05) is 54.1 Å². The number of benzene rings is 2. The van der Waals surface area contributed by atoms with Crippen LogP contribution < -0.4 is 5.32 Å². The van der Waals surface area contributed by atoms with Crippen LogP contribution in [0, 0.1) is 0 Å². The Morgan fingerprint density at radius 3 is 2.10 bits per heavy atom. The Balaban J connectivity index is 2.27. The minimum Gasteiger partial charge on any atom is -0.357 e. The van der Waals surface area contributed by atoms with Crippen molar-refractivity contribution in [3.63, 3.8) is 0 Å². The maximum Gasteiger partial charge on any atom is 0.242 e. The van der Waals surface area contributed by atoms with E-state index in [0.717, 1.165) is 21.7 Å². The number of amides is 2. The van der Waals surface area contributed by atoms with E-state index in [9.17, 15) is 18.0 Å². The molecule has 1 atom stereocenters. The van der Waals surface area contributed by atoms with Crippen LogP contribution in [0.4, 0.5) is 0 Å². The summed E-state index contributed by atoms with van der Waals surface area (Å²) in [5.74, 6) is -0.811. The molecule has 30 heavy (non-hydrogen) atoms. The van der Waals surface area contributed by atoms with Gasteiger partial charge >= 0.3 is 0 Å². The van der Waals surface area contributed by atoms with E-state index in [1.807, 2.05) is 6.07 Å². The summed E-state index contributed by atoms with van der Waals surface area (Å²) >= 11 is 5.92. The highest BCUT2D eigenvalue weighted by molar-refractivity contribution is 7.88. The largest absolute Gasteiger partial charge is 0.357 e. The third kappa shape index (κ3) is 6.83. The zero-order valence-corrected chi connectivity index (χ0v) is 18.8. The fourth-order valence-corrected chi connectivity index (χ4v) is 3.75. The summed E-state index contributed by atoms with van der Waals surface area (Å²) in [5.41, 5.74) is 1.54. The number of nitrogens with one attached hydrogen (secondary N) is 1. The maximum atomic E-state index is 13.1. The summed E-state index contributed by atoms with van der Waals surface area (Å²) in [7, 11) is -2.17. The first kappa shape index (κ1) is 23.9. The minimum atomic E-state index is -3.65. The van der Waals surface area contributed by atoms with Gasteiger partial charge in [0.1, 0.15) is 6.04 Å². The fraction of sp³-hybridized carbons (Fsp3) is 0.333. The van der Waals surface area contributed by atoms with E-state index in [1.54, 1.807) is 55.5 Å². The van der Waals surface area contributed by atoms with Gasteiger partial charge in [0.05, 0.1) is 12.8 Å². The average molecular weight is 452 g/mol. The Hall–Kier alpha value is -2.42. The molecule has 0 fully saturated rings. The van der Waals surface area contributed by atoms with Gasteiger partial charge in [-0.05, 0) is 30.2 Å². The summed E-state index contributed by atoms with van der Waals surface area (Å²) in [4.78, 5) is 26.7. The van der Waals surface area contributed by atoms with Gasteiger partial charge in [-0.2, -0.15) is 4.31 Å². The third-order valence-corrected chi connectivity index (χ3v) is 6.11. The van der Waals surface area contributed by atoms with Crippen molar-refractivity contribution >= 4 is 33.4 Å². The lowest BCUT2D eigenvalue weighted by Gasteiger charge is -2.30. The monoisotopic (exact) mass is 451 g/mol. The van der Waals surface area contributed by atoms with Crippen LogP contribution in [0.3, 0.4) is 0 Å². The number of hydrogen-bond acceptors (Lipinski definition) is 4. The predicted octanol–water partition coefficient (Wildman–Crippen LogP) is 2.26. The van der Waals surface area contributed by atoms with Gasteiger partial charge in [0.15, 0.2) is 0 Å². The van der Waals surface area contributed by atoms with E-state index in [0.29, 0.717) is 5.02 Å². The van der Waals surface area contributed by atoms with Gasteiger partial charge in [0, 0.05) is 25.2 Å². The summed E-state index contributed by atoms with van der Waals surface area (Å²) < 4.78 is 25.7. The first-order chi connectivity index (χ1) is 14.1. The van der Waals surface area contributed by atoms with Gasteiger partial charge in [0.2, 0.25) is 21.8 Å². The van der Waals surface area contributed by atoms with Crippen LogP contribution in [0.15, 0.2) is 54.6 Å². The molecule has 2 rings (SSSR count). The lowest BCUT2D eigenvalue weighted by atomic mass is 10.1. The molecule has 0 aliphatic heterocycles. The van der Waals surface area contributed by atoms with Gasteiger partial charge in [-0.15, -0.1) is 0 Å². The highest BCUT2D eigenvalue weighted by Crippen LogP contribution is 2.15. The molecule has 2 aromatic rings. The molecule has 0 saturated carbocycles. The van der Waals surface area contributed by atoms with Crippen LogP contribution in [0.25, 0.3) is 0 Å². The van der Waals surface area contributed by atoms with E-state index in [4.69, 9.17) is 11.6 Å². The Morgan fingerprint density at radius 2 is 1.57 bits per heavy atom. The van der Waals surface area contributed by atoms with Crippen LogP contribution in [0.1, 0.15) is 18.1 Å². The van der Waals surface area contributed by atoms with Crippen LogP contribution in [0.5, 0.6) is 0 Å². The summed E-state index contributed by atoms with van der Waals surface area (Å²) in [6.45, 7) is 1.44. The molecular weight excluding hydrogens is 426 g/mol. The second-order valence-corrected chi connectivity index (χ2v) is 9.37. The van der Waals surface area contributed by atoms with Gasteiger partial charge in [0.25, 0.3) is 0 Å². The van der Waals surface area contributed by atoms with Crippen molar-refractivity contribution in [2.24, 2.45) is 0 Å². The van der Waals surface area contributed by atoms with Crippen LogP contribution in [-0.4, -0.2) is 55.3 Å². The highest BCUT2D eigenvalue weighted by atomic mass is 35.5. The summed E-state index contributed by atoms with van der Waals surface area (Å²) in [6.07, 6.45) is 1.06. The maximum absolute atomic E-state index is 13.1. The number of carbonyl (C=O) groups is 2. The molecule has 1 N–H and O–H groups in total. The molecule has 0 aliphatic carbocycles. The van der Waals surface area contributed by atoms with Crippen molar-refractivity contribution in [3.05, 3.63) is 70.7 Å². The molecule has 2 amide bonds. The molecule has 9 heteroatoms. The number of hydrogen-bond donors (Lipinski definition) is 1. The SMILES string of the molecule is CNC(=O)C(C)N(Cc1ccc(Cl)cc1)C(=O)CN(Cc1ccccc1)S(C)(=O)=O. The van der Waals surface area contributed by atoms with Crippen molar-refractivity contribution in [1.82, 2.24) is 14.5 Å². The fourth-order valence-electron chi connectivity index (χ4n) is 2.90. The second kappa shape index (κ2) is 10.6. The number of carbonyl (C=O) groups excluding carboxylic acids is 2. The number of likely N-dealkylation sites (N-methyl/N-ethyl adjacent to an activating group) is 1. The van der Waals surface area contributed by atoms with E-state index in [1.165, 1.54) is 11.9 Å². The normalized spacial score (nSPS) is 12.4. The van der Waals surface area contributed by atoms with E-state index in [2.05, 4.69) is 5.32 Å². The number of sulfonamides is 1. The number of halogens is 1. The zero-order valence-electron chi connectivity index (χ0n) is 17.2. The Labute approximate surface area is 182 Å². The van der Waals surface area contributed by atoms with Crippen LogP contribution >= 0.6 is 11.6 Å². The lowest BCUT2D eigenvalue weighted by molar-refractivity contribution is -0.140. The molecular formula is C21H26ClN3O4S. The Kier molecular flexibility index (Phi) is 8.40. The summed E-state index contributed by atoms with van der Waals surface area (Å²) in [6, 6.07) is 15.2. The van der Waals surface area contributed by atoms with E-state index >= 15 is 0 Å². The third-order valence-electron chi connectivity index (χ3n) is 4.66. The van der Waals surface area contributed by atoms with Gasteiger partial charge in [-0.3, -0.25) is 9.59 Å². The van der Waals surface area contributed by atoms with Crippen molar-refractivity contribution < 1.29 is 18.0 Å². The number of rotatable bonds is 9. The molecule has 0 spiro atoms. The molecule has 2 aromatic carbocycles. The molecule has 0 bridgehead atoms. The Bertz CT molecular complexity index is 966. The smallest absolute Gasteiger partial charge is 0.242 e. The quantitative estimate of drug-likeness (QED) is 0.633. The first-order valence-electron chi connectivity index (χ1n) is 9.36. The Morgan fingerprint density at radius 1 is 1.00 bits per heavy atom. The van der Waals surface area contributed by atoms with Crippen molar-refractivity contribution in [2.45, 2.75) is 26.1 Å². The summed E-state index contributed by atoms with van der Waals surface area (Å²) in [5, 5.41) is 3.09. The van der Waals surface area contributed by atoms with Crippen LogP contribution in [0.2, 0.25) is 5.02 Å². The zero-order chi connectivity index (χ0) is 22.3. The van der Waals surface area contributed by atoms with E-state index < -0.39 is 22.0 Å². The molecule has 0 heterocycles. The molecule has 7 nitrogen and oxygen atoms in total. The molecule has 0 saturated heterocycles. The topological polar surface area (TPSA) is 86.8 Å².